The number of nitrogens with zero attached hydrogens (tertiary/aromatic N) is 4. The van der Waals surface area contributed by atoms with Crippen LogP contribution in [0.25, 0.3) is 0 Å². The number of ether oxygens (including phenoxy) is 1. The van der Waals surface area contributed by atoms with Gasteiger partial charge >= 0.3 is 12.1 Å². The summed E-state index contributed by atoms with van der Waals surface area (Å²) in [5, 5.41) is 5.46. The zero-order valence-electron chi connectivity index (χ0n) is 17.4. The van der Waals surface area contributed by atoms with Gasteiger partial charge in [-0.25, -0.2) is 9.78 Å². The Labute approximate surface area is 190 Å². The summed E-state index contributed by atoms with van der Waals surface area (Å²) < 4.78 is 43.9. The number of hydrogen-bond donors (Lipinski definition) is 0. The van der Waals surface area contributed by atoms with Crippen LogP contribution in [0.2, 0.25) is 5.02 Å². The Morgan fingerprint density at radius 3 is 2.55 bits per heavy atom. The van der Waals surface area contributed by atoms with Crippen molar-refractivity contribution in [2.24, 2.45) is 34.7 Å². The van der Waals surface area contributed by atoms with Crippen LogP contribution in [0.3, 0.4) is 0 Å². The topological polar surface area (TPSA) is 101 Å². The van der Waals surface area contributed by atoms with Crippen LogP contribution in [-0.4, -0.2) is 53.2 Å². The first-order valence-corrected chi connectivity index (χ1v) is 10.7. The molecule has 4 aliphatic rings. The number of imide groups is 1. The third kappa shape index (κ3) is 3.02. The van der Waals surface area contributed by atoms with E-state index in [0.717, 1.165) is 10.0 Å². The van der Waals surface area contributed by atoms with Crippen LogP contribution in [0.5, 0.6) is 0 Å². The van der Waals surface area contributed by atoms with Gasteiger partial charge in [-0.2, -0.15) is 18.2 Å². The largest absolute Gasteiger partial charge is 0.461 e. The molecule has 0 spiro atoms. The summed E-state index contributed by atoms with van der Waals surface area (Å²) in [7, 11) is 1.34. The molecule has 2 saturated carbocycles. The van der Waals surface area contributed by atoms with Gasteiger partial charge in [0.05, 0.1) is 34.9 Å². The number of hydrogen-bond acceptors (Lipinski definition) is 8. The maximum atomic E-state index is 13.3. The molecule has 0 unspecified atom stereocenters. The van der Waals surface area contributed by atoms with Gasteiger partial charge in [0.1, 0.15) is 6.10 Å². The Hall–Kier alpha value is -2.89. The van der Waals surface area contributed by atoms with Crippen molar-refractivity contribution in [2.75, 3.05) is 18.7 Å². The van der Waals surface area contributed by atoms with Crippen LogP contribution >= 0.6 is 11.6 Å². The smallest absolute Gasteiger partial charge is 0.417 e. The number of hydrazine groups is 1. The van der Waals surface area contributed by atoms with E-state index in [4.69, 9.17) is 21.2 Å². The van der Waals surface area contributed by atoms with Gasteiger partial charge in [0.15, 0.2) is 11.5 Å². The molecule has 2 aliphatic heterocycles. The molecule has 1 aromatic rings. The highest BCUT2D eigenvalue weighted by molar-refractivity contribution is 6.38. The lowest BCUT2D eigenvalue weighted by atomic mass is 9.72. The Morgan fingerprint density at radius 1 is 1.27 bits per heavy atom. The quantitative estimate of drug-likeness (QED) is 0.475. The van der Waals surface area contributed by atoms with E-state index in [1.165, 1.54) is 7.05 Å². The summed E-state index contributed by atoms with van der Waals surface area (Å²) in [6.45, 7) is 1.82. The van der Waals surface area contributed by atoms with E-state index in [0.29, 0.717) is 18.7 Å². The number of amides is 2. The van der Waals surface area contributed by atoms with E-state index >= 15 is 0 Å². The van der Waals surface area contributed by atoms with Crippen molar-refractivity contribution < 1.29 is 37.1 Å². The number of pyridine rings is 1. The lowest BCUT2D eigenvalue weighted by Gasteiger charge is -2.29. The van der Waals surface area contributed by atoms with Crippen molar-refractivity contribution in [1.29, 1.82) is 0 Å². The summed E-state index contributed by atoms with van der Waals surface area (Å²) >= 11 is 6.02. The fraction of sp³-hybridized carbons (Fsp3) is 0.550. The molecular formula is C20H18ClF3N4O5. The van der Waals surface area contributed by atoms with Crippen LogP contribution in [-0.2, 0) is 30.1 Å². The van der Waals surface area contributed by atoms with Crippen molar-refractivity contribution >= 4 is 40.9 Å². The van der Waals surface area contributed by atoms with Gasteiger partial charge in [-0.15, -0.1) is 0 Å². The molecule has 2 aliphatic carbocycles. The standard InChI is InChI=1S/C20H18ClF3N4O5/c1-3-32-19(31)14-13-8-5-9(15(13)33-26-14)12-11(8)17(29)28(18(12)30)27(2)16-10(21)4-7(6-25-16)20(22,23)24/h4,6,8-9,11-13,15H,3,5H2,1-2H3/t8-,9-,11-,12-,13-,15+/m1/s1. The Kier molecular flexibility index (Phi) is 4.86. The molecule has 5 rings (SSSR count). The van der Waals surface area contributed by atoms with Crippen LogP contribution in [0.15, 0.2) is 17.4 Å². The van der Waals surface area contributed by atoms with Crippen LogP contribution in [0.1, 0.15) is 18.9 Å². The third-order valence-corrected chi connectivity index (χ3v) is 7.19. The number of rotatable bonds is 4. The molecule has 3 heterocycles. The second-order valence-corrected chi connectivity index (χ2v) is 8.85. The fourth-order valence-electron chi connectivity index (χ4n) is 5.70. The first-order chi connectivity index (χ1) is 15.6. The fourth-order valence-corrected chi connectivity index (χ4v) is 5.98. The summed E-state index contributed by atoms with van der Waals surface area (Å²) in [6, 6.07) is 0.691. The molecule has 33 heavy (non-hydrogen) atoms. The molecule has 9 nitrogen and oxygen atoms in total. The van der Waals surface area contributed by atoms with E-state index in [2.05, 4.69) is 10.1 Å². The van der Waals surface area contributed by atoms with Crippen LogP contribution in [0, 0.1) is 29.6 Å². The average Bonchev–Trinajstić information content (AvgIpc) is 3.47. The molecule has 176 valence electrons. The molecule has 1 saturated heterocycles. The van der Waals surface area contributed by atoms with Gasteiger partial charge in [0.2, 0.25) is 0 Å². The first kappa shape index (κ1) is 21.9. The molecule has 2 bridgehead atoms. The van der Waals surface area contributed by atoms with Gasteiger partial charge < -0.3 is 9.57 Å². The van der Waals surface area contributed by atoms with E-state index < -0.39 is 53.4 Å². The molecular weight excluding hydrogens is 469 g/mol. The van der Waals surface area contributed by atoms with Crippen LogP contribution in [0.4, 0.5) is 19.0 Å². The number of carbonyl (C=O) groups excluding carboxylic acids is 3. The van der Waals surface area contributed by atoms with Gasteiger partial charge in [0.25, 0.3) is 11.8 Å². The highest BCUT2D eigenvalue weighted by Gasteiger charge is 2.71. The molecule has 0 aromatic carbocycles. The minimum Gasteiger partial charge on any atom is -0.461 e. The predicted octanol–water partition coefficient (Wildman–Crippen LogP) is 2.29. The number of fused-ring (bicyclic) bond motifs is 8. The summed E-state index contributed by atoms with van der Waals surface area (Å²) in [5.41, 5.74) is -0.929. The SMILES string of the molecule is CCOC(=O)C1=NO[C@H]2[C@@H]3C[C@H]([C@H]4C(=O)N(N(C)c5ncc(C(F)(F)F)cc5Cl)C(=O)[C@H]34)[C@H]12. The first-order valence-electron chi connectivity index (χ1n) is 10.3. The molecule has 2 amide bonds. The molecule has 6 atom stereocenters. The van der Waals surface area contributed by atoms with Gasteiger partial charge in [0, 0.05) is 19.2 Å². The van der Waals surface area contributed by atoms with E-state index in [1.807, 2.05) is 0 Å². The summed E-state index contributed by atoms with van der Waals surface area (Å²) in [6.07, 6.45) is -4.03. The number of aromatic nitrogens is 1. The number of halogens is 4. The minimum absolute atomic E-state index is 0.118. The summed E-state index contributed by atoms with van der Waals surface area (Å²) in [4.78, 5) is 48.1. The normalized spacial score (nSPS) is 31.9. The average molecular weight is 487 g/mol. The van der Waals surface area contributed by atoms with Crippen molar-refractivity contribution in [2.45, 2.75) is 25.6 Å². The number of anilines is 1. The lowest BCUT2D eigenvalue weighted by Crippen LogP contribution is -2.46. The molecule has 0 radical (unpaired) electrons. The van der Waals surface area contributed by atoms with E-state index in [-0.39, 0.29) is 35.0 Å². The molecule has 0 N–H and O–H groups in total. The Morgan fingerprint density at radius 2 is 1.94 bits per heavy atom. The molecule has 3 fully saturated rings. The van der Waals surface area contributed by atoms with E-state index in [1.54, 1.807) is 6.92 Å². The van der Waals surface area contributed by atoms with Crippen molar-refractivity contribution in [3.63, 3.8) is 0 Å². The highest BCUT2D eigenvalue weighted by atomic mass is 35.5. The molecule has 1 aromatic heterocycles. The number of esters is 1. The monoisotopic (exact) mass is 486 g/mol. The number of carbonyl (C=O) groups is 3. The Bertz CT molecular complexity index is 1100. The summed E-state index contributed by atoms with van der Waals surface area (Å²) in [5.74, 6) is -4.32. The second kappa shape index (κ2) is 7.31. The van der Waals surface area contributed by atoms with Crippen molar-refractivity contribution in [3.05, 3.63) is 22.8 Å². The number of oxime groups is 1. The molecule has 13 heteroatoms. The van der Waals surface area contributed by atoms with Crippen molar-refractivity contribution in [1.82, 2.24) is 9.99 Å². The van der Waals surface area contributed by atoms with Crippen LogP contribution < -0.4 is 5.01 Å². The minimum atomic E-state index is -4.64. The zero-order chi connectivity index (χ0) is 23.8. The highest BCUT2D eigenvalue weighted by Crippen LogP contribution is 2.61. The van der Waals surface area contributed by atoms with E-state index in [9.17, 15) is 27.6 Å². The second-order valence-electron chi connectivity index (χ2n) is 8.45. The zero-order valence-corrected chi connectivity index (χ0v) is 18.1. The van der Waals surface area contributed by atoms with Gasteiger partial charge in [-0.3, -0.25) is 14.6 Å². The maximum Gasteiger partial charge on any atom is 0.417 e. The van der Waals surface area contributed by atoms with Gasteiger partial charge in [-0.05, 0) is 25.3 Å². The Balaban J connectivity index is 1.42. The van der Waals surface area contributed by atoms with Crippen molar-refractivity contribution in [3.8, 4) is 0 Å². The van der Waals surface area contributed by atoms with Gasteiger partial charge in [-0.1, -0.05) is 16.8 Å². The lowest BCUT2D eigenvalue weighted by molar-refractivity contribution is -0.142. The predicted molar refractivity (Wildman–Crippen MR) is 106 cm³/mol. The number of alkyl halides is 3. The maximum absolute atomic E-state index is 13.3. The third-order valence-electron chi connectivity index (χ3n) is 6.91.